The number of amides is 2. The second-order valence-corrected chi connectivity index (χ2v) is 5.22. The second-order valence-electron chi connectivity index (χ2n) is 5.22. The normalized spacial score (nSPS) is 18.6. The fourth-order valence-electron chi connectivity index (χ4n) is 2.42. The summed E-state index contributed by atoms with van der Waals surface area (Å²) in [5, 5.41) is 13.9. The van der Waals surface area contributed by atoms with Crippen LogP contribution in [0.15, 0.2) is 24.3 Å². The van der Waals surface area contributed by atoms with Crippen LogP contribution in [-0.2, 0) is 16.1 Å². The van der Waals surface area contributed by atoms with Crippen LogP contribution >= 0.6 is 0 Å². The van der Waals surface area contributed by atoms with Crippen molar-refractivity contribution in [2.45, 2.75) is 38.9 Å². The summed E-state index contributed by atoms with van der Waals surface area (Å²) in [6, 6.07) is 5.55. The van der Waals surface area contributed by atoms with E-state index in [2.05, 4.69) is 5.32 Å². The Morgan fingerprint density at radius 2 is 2.05 bits per heavy atom. The van der Waals surface area contributed by atoms with E-state index in [9.17, 15) is 19.7 Å². The highest BCUT2D eigenvalue weighted by Crippen LogP contribution is 2.20. The van der Waals surface area contributed by atoms with Gasteiger partial charge in [0.15, 0.2) is 0 Å². The van der Waals surface area contributed by atoms with Gasteiger partial charge < -0.3 is 5.32 Å². The average molecular weight is 291 g/mol. The first-order valence-corrected chi connectivity index (χ1v) is 6.73. The Hall–Kier alpha value is -2.28. The minimum Gasteiger partial charge on any atom is -0.301 e. The van der Waals surface area contributed by atoms with Crippen LogP contribution in [0.4, 0.5) is 5.69 Å². The number of rotatable bonds is 5. The molecule has 0 radical (unpaired) electrons. The van der Waals surface area contributed by atoms with Gasteiger partial charge in [-0.25, -0.2) is 0 Å². The van der Waals surface area contributed by atoms with Gasteiger partial charge in [0, 0.05) is 24.2 Å². The van der Waals surface area contributed by atoms with E-state index in [0.717, 1.165) is 0 Å². The standard InChI is InChI=1S/C14H17N3O4/c1-9(2)16-13(18)7-11(14(16)19)15-8-10-5-3-4-6-12(10)17(20)21/h3-6,9,11,15H,7-8H2,1-2H3. The zero-order valence-corrected chi connectivity index (χ0v) is 11.9. The van der Waals surface area contributed by atoms with Gasteiger partial charge in [-0.2, -0.15) is 0 Å². The first-order chi connectivity index (χ1) is 9.91. The minimum atomic E-state index is -0.611. The molecule has 112 valence electrons. The fourth-order valence-corrected chi connectivity index (χ4v) is 2.42. The zero-order chi connectivity index (χ0) is 15.6. The third-order valence-corrected chi connectivity index (χ3v) is 3.43. The predicted molar refractivity (Wildman–Crippen MR) is 75.3 cm³/mol. The lowest BCUT2D eigenvalue weighted by atomic mass is 10.1. The Kier molecular flexibility index (Phi) is 4.32. The smallest absolute Gasteiger partial charge is 0.273 e. The monoisotopic (exact) mass is 291 g/mol. The molecule has 0 bridgehead atoms. The summed E-state index contributed by atoms with van der Waals surface area (Å²) in [5.41, 5.74) is 0.494. The van der Waals surface area contributed by atoms with Gasteiger partial charge >= 0.3 is 0 Å². The molecule has 1 fully saturated rings. The SMILES string of the molecule is CC(C)N1C(=O)CC(NCc2ccccc2[N+](=O)[O-])C1=O. The van der Waals surface area contributed by atoms with Crippen molar-refractivity contribution in [2.75, 3.05) is 0 Å². The fraction of sp³-hybridized carbons (Fsp3) is 0.429. The quantitative estimate of drug-likeness (QED) is 0.500. The first-order valence-electron chi connectivity index (χ1n) is 6.73. The highest BCUT2D eigenvalue weighted by molar-refractivity contribution is 6.05. The largest absolute Gasteiger partial charge is 0.301 e. The van der Waals surface area contributed by atoms with Crippen molar-refractivity contribution >= 4 is 17.5 Å². The lowest BCUT2D eigenvalue weighted by Gasteiger charge is -2.19. The van der Waals surface area contributed by atoms with E-state index >= 15 is 0 Å². The van der Waals surface area contributed by atoms with Gasteiger partial charge in [0.05, 0.1) is 17.4 Å². The van der Waals surface area contributed by atoms with E-state index in [4.69, 9.17) is 0 Å². The van der Waals surface area contributed by atoms with Crippen LogP contribution in [0.1, 0.15) is 25.8 Å². The van der Waals surface area contributed by atoms with Crippen molar-refractivity contribution in [1.82, 2.24) is 10.2 Å². The molecule has 1 atom stereocenters. The zero-order valence-electron chi connectivity index (χ0n) is 11.9. The maximum Gasteiger partial charge on any atom is 0.273 e. The van der Waals surface area contributed by atoms with Crippen LogP contribution in [-0.4, -0.2) is 33.7 Å². The summed E-state index contributed by atoms with van der Waals surface area (Å²) in [6.07, 6.45) is 0.0949. The van der Waals surface area contributed by atoms with Gasteiger partial charge in [-0.1, -0.05) is 18.2 Å². The number of nitrogens with one attached hydrogen (secondary N) is 1. The summed E-state index contributed by atoms with van der Waals surface area (Å²) < 4.78 is 0. The minimum absolute atomic E-state index is 0.00230. The molecule has 1 saturated heterocycles. The number of carbonyl (C=O) groups is 2. The Morgan fingerprint density at radius 3 is 2.62 bits per heavy atom. The molecule has 0 saturated carbocycles. The van der Waals surface area contributed by atoms with Crippen molar-refractivity contribution in [2.24, 2.45) is 0 Å². The van der Waals surface area contributed by atoms with Crippen molar-refractivity contribution < 1.29 is 14.5 Å². The molecule has 1 heterocycles. The van der Waals surface area contributed by atoms with E-state index in [1.807, 2.05) is 0 Å². The third kappa shape index (κ3) is 3.08. The van der Waals surface area contributed by atoms with Gasteiger partial charge in [0.1, 0.15) is 0 Å². The molecule has 7 heteroatoms. The molecule has 0 aliphatic carbocycles. The third-order valence-electron chi connectivity index (χ3n) is 3.43. The molecule has 1 unspecified atom stereocenters. The number of hydrogen-bond acceptors (Lipinski definition) is 5. The van der Waals surface area contributed by atoms with Crippen LogP contribution in [0.2, 0.25) is 0 Å². The number of benzene rings is 1. The Labute approximate surface area is 122 Å². The highest BCUT2D eigenvalue weighted by Gasteiger charge is 2.39. The van der Waals surface area contributed by atoms with Gasteiger partial charge in [-0.15, -0.1) is 0 Å². The number of nitro benzene ring substituents is 1. The maximum atomic E-state index is 12.1. The molecule has 0 aromatic heterocycles. The van der Waals surface area contributed by atoms with Crippen LogP contribution < -0.4 is 5.32 Å². The van der Waals surface area contributed by atoms with E-state index in [1.54, 1.807) is 32.0 Å². The van der Waals surface area contributed by atoms with Gasteiger partial charge in [-0.05, 0) is 13.8 Å². The number of likely N-dealkylation sites (tertiary alicyclic amines) is 1. The van der Waals surface area contributed by atoms with Gasteiger partial charge in [-0.3, -0.25) is 24.6 Å². The molecule has 1 aromatic carbocycles. The number of imide groups is 1. The van der Waals surface area contributed by atoms with E-state index in [0.29, 0.717) is 5.56 Å². The number of nitro groups is 1. The maximum absolute atomic E-state index is 12.1. The summed E-state index contributed by atoms with van der Waals surface area (Å²) in [6.45, 7) is 3.73. The molecule has 7 nitrogen and oxygen atoms in total. The molecular formula is C14H17N3O4. The van der Waals surface area contributed by atoms with Crippen LogP contribution in [0.25, 0.3) is 0 Å². The molecule has 1 aromatic rings. The van der Waals surface area contributed by atoms with E-state index in [1.165, 1.54) is 11.0 Å². The Morgan fingerprint density at radius 1 is 1.38 bits per heavy atom. The lowest BCUT2D eigenvalue weighted by molar-refractivity contribution is -0.385. The lowest BCUT2D eigenvalue weighted by Crippen LogP contribution is -2.41. The van der Waals surface area contributed by atoms with Gasteiger partial charge in [0.2, 0.25) is 11.8 Å². The van der Waals surface area contributed by atoms with Crippen molar-refractivity contribution in [1.29, 1.82) is 0 Å². The molecule has 0 spiro atoms. The number of nitrogens with zero attached hydrogens (tertiary/aromatic N) is 2. The van der Waals surface area contributed by atoms with E-state index < -0.39 is 11.0 Å². The van der Waals surface area contributed by atoms with Crippen molar-refractivity contribution in [3.63, 3.8) is 0 Å². The van der Waals surface area contributed by atoms with Gasteiger partial charge in [0.25, 0.3) is 5.69 Å². The van der Waals surface area contributed by atoms with Crippen LogP contribution in [0.5, 0.6) is 0 Å². The number of carbonyl (C=O) groups excluding carboxylic acids is 2. The molecular weight excluding hydrogens is 274 g/mol. The summed E-state index contributed by atoms with van der Waals surface area (Å²) in [7, 11) is 0. The second kappa shape index (κ2) is 6.01. The van der Waals surface area contributed by atoms with Crippen LogP contribution in [0, 0.1) is 10.1 Å². The first kappa shape index (κ1) is 15.1. The Balaban J connectivity index is 2.06. The van der Waals surface area contributed by atoms with Crippen molar-refractivity contribution in [3.05, 3.63) is 39.9 Å². The van der Waals surface area contributed by atoms with Crippen LogP contribution in [0.3, 0.4) is 0 Å². The molecule has 21 heavy (non-hydrogen) atoms. The average Bonchev–Trinajstić information content (AvgIpc) is 2.71. The molecule has 2 amide bonds. The topological polar surface area (TPSA) is 92.6 Å². The van der Waals surface area contributed by atoms with Crippen molar-refractivity contribution in [3.8, 4) is 0 Å². The molecule has 1 N–H and O–H groups in total. The highest BCUT2D eigenvalue weighted by atomic mass is 16.6. The summed E-state index contributed by atoms with van der Waals surface area (Å²) in [4.78, 5) is 35.6. The molecule has 2 rings (SSSR count). The van der Waals surface area contributed by atoms with E-state index in [-0.39, 0.29) is 36.5 Å². The summed E-state index contributed by atoms with van der Waals surface area (Å²) >= 11 is 0. The molecule has 1 aliphatic heterocycles. The predicted octanol–water partition coefficient (Wildman–Crippen LogP) is 1.22. The number of hydrogen-bond donors (Lipinski definition) is 1. The Bertz CT molecular complexity index is 585. The molecule has 1 aliphatic rings. The summed E-state index contributed by atoms with van der Waals surface area (Å²) in [5.74, 6) is -0.483. The number of para-hydroxylation sites is 1.